The highest BCUT2D eigenvalue weighted by atomic mass is 16.2. The van der Waals surface area contributed by atoms with Gasteiger partial charge in [-0.05, 0) is 49.4 Å². The monoisotopic (exact) mass is 652 g/mol. The van der Waals surface area contributed by atoms with Crippen LogP contribution in [0.25, 0.3) is 10.9 Å². The maximum atomic E-state index is 13.4. The lowest BCUT2D eigenvalue weighted by atomic mass is 10.0. The number of primary amides is 1. The zero-order chi connectivity index (χ0) is 34.8. The Balaban J connectivity index is 1.46. The maximum Gasteiger partial charge on any atom is 0.290 e. The van der Waals surface area contributed by atoms with Crippen LogP contribution in [0.2, 0.25) is 0 Å². The van der Waals surface area contributed by atoms with Gasteiger partial charge in [0.25, 0.3) is 5.91 Å². The molecule has 0 spiro atoms. The van der Waals surface area contributed by atoms with Crippen LogP contribution < -0.4 is 27.0 Å². The van der Waals surface area contributed by atoms with Crippen LogP contribution in [0.3, 0.4) is 0 Å². The van der Waals surface area contributed by atoms with Crippen molar-refractivity contribution in [2.75, 3.05) is 0 Å². The molecule has 0 aliphatic carbocycles. The van der Waals surface area contributed by atoms with E-state index in [1.807, 2.05) is 66.7 Å². The number of nitrogens with one attached hydrogen (secondary N) is 5. The lowest BCUT2D eigenvalue weighted by molar-refractivity contribution is -0.141. The van der Waals surface area contributed by atoms with E-state index in [1.54, 1.807) is 24.3 Å². The highest BCUT2D eigenvalue weighted by molar-refractivity contribution is 6.38. The molecule has 0 saturated carbocycles. The third kappa shape index (κ3) is 9.61. The van der Waals surface area contributed by atoms with Crippen LogP contribution in [0, 0.1) is 0 Å². The highest BCUT2D eigenvalue weighted by Crippen LogP contribution is 2.16. The third-order valence-electron chi connectivity index (χ3n) is 7.80. The van der Waals surface area contributed by atoms with Crippen LogP contribution >= 0.6 is 0 Å². The second kappa shape index (κ2) is 15.7. The first kappa shape index (κ1) is 35.1. The fourth-order valence-electron chi connectivity index (χ4n) is 5.02. The zero-order valence-corrected chi connectivity index (χ0v) is 27.0. The molecule has 0 aliphatic rings. The molecule has 250 valence electrons. The summed E-state index contributed by atoms with van der Waals surface area (Å²) in [6, 6.07) is 23.7. The summed E-state index contributed by atoms with van der Waals surface area (Å²) in [4.78, 5) is 81.2. The Hall–Kier alpha value is -5.78. The number of carbonyl (C=O) groups is 6. The number of aromatic amines is 1. The summed E-state index contributed by atoms with van der Waals surface area (Å²) in [6.45, 7) is 4.18. The number of rotatable bonds is 15. The summed E-state index contributed by atoms with van der Waals surface area (Å²) in [7, 11) is 0. The molecule has 48 heavy (non-hydrogen) atoms. The van der Waals surface area contributed by atoms with Gasteiger partial charge in [0, 0.05) is 24.1 Å². The summed E-state index contributed by atoms with van der Waals surface area (Å²) in [6.07, 6.45) is 0.146. The predicted molar refractivity (Wildman–Crippen MR) is 180 cm³/mol. The number of amides is 5. The fraction of sp³-hybridized carbons (Fsp3) is 0.278. The van der Waals surface area contributed by atoms with Crippen LogP contribution in [0.1, 0.15) is 37.6 Å². The molecule has 1 unspecified atom stereocenters. The first-order valence-electron chi connectivity index (χ1n) is 15.5. The predicted octanol–water partition coefficient (Wildman–Crippen LogP) is 1.62. The molecule has 12 nitrogen and oxygen atoms in total. The van der Waals surface area contributed by atoms with Crippen LogP contribution in [-0.4, -0.2) is 64.0 Å². The molecule has 0 saturated heterocycles. The second-order valence-corrected chi connectivity index (χ2v) is 12.2. The second-order valence-electron chi connectivity index (χ2n) is 12.2. The number of benzene rings is 3. The van der Waals surface area contributed by atoms with E-state index in [0.29, 0.717) is 5.69 Å². The Bertz CT molecular complexity index is 1750. The van der Waals surface area contributed by atoms with E-state index in [0.717, 1.165) is 22.0 Å². The fourth-order valence-corrected chi connectivity index (χ4v) is 5.02. The summed E-state index contributed by atoms with van der Waals surface area (Å²) in [5.74, 6) is -4.72. The molecule has 0 fully saturated rings. The van der Waals surface area contributed by atoms with Crippen molar-refractivity contribution >= 4 is 46.2 Å². The Labute approximate surface area is 278 Å². The maximum absolute atomic E-state index is 13.4. The van der Waals surface area contributed by atoms with Gasteiger partial charge in [-0.2, -0.15) is 0 Å². The molecule has 0 bridgehead atoms. The quantitative estimate of drug-likeness (QED) is 0.106. The van der Waals surface area contributed by atoms with E-state index in [9.17, 15) is 28.8 Å². The number of aromatic nitrogens is 1. The number of hydrogen-bond acceptors (Lipinski definition) is 6. The number of nitrogens with two attached hydrogens (primary N) is 1. The van der Waals surface area contributed by atoms with Gasteiger partial charge in [0.15, 0.2) is 0 Å². The molecule has 4 aromatic rings. The van der Waals surface area contributed by atoms with Crippen molar-refractivity contribution < 1.29 is 28.8 Å². The lowest BCUT2D eigenvalue weighted by Crippen LogP contribution is -2.60. The van der Waals surface area contributed by atoms with Gasteiger partial charge in [0.05, 0.1) is 12.5 Å². The van der Waals surface area contributed by atoms with E-state index < -0.39 is 59.0 Å². The first-order chi connectivity index (χ1) is 22.8. The van der Waals surface area contributed by atoms with Crippen molar-refractivity contribution in [3.8, 4) is 0 Å². The molecule has 0 radical (unpaired) electrons. The largest absolute Gasteiger partial charge is 0.368 e. The van der Waals surface area contributed by atoms with Crippen molar-refractivity contribution in [2.45, 2.75) is 63.7 Å². The highest BCUT2D eigenvalue weighted by Gasteiger charge is 2.34. The summed E-state index contributed by atoms with van der Waals surface area (Å²) >= 11 is 0. The van der Waals surface area contributed by atoms with Crippen molar-refractivity contribution in [2.24, 2.45) is 5.73 Å². The minimum Gasteiger partial charge on any atom is -0.368 e. The molecular weight excluding hydrogens is 612 g/mol. The van der Waals surface area contributed by atoms with E-state index in [2.05, 4.69) is 26.3 Å². The third-order valence-corrected chi connectivity index (χ3v) is 7.80. The van der Waals surface area contributed by atoms with Crippen LogP contribution in [-0.2, 0) is 48.0 Å². The van der Waals surface area contributed by atoms with Crippen LogP contribution in [0.15, 0.2) is 91.0 Å². The topological polar surface area (TPSA) is 192 Å². The number of Topliss-reactive ketones (excluding diaryl/α,β-unsaturated/α-hetero) is 1. The molecule has 1 aromatic heterocycles. The smallest absolute Gasteiger partial charge is 0.290 e. The Morgan fingerprint density at radius 1 is 0.729 bits per heavy atom. The first-order valence-corrected chi connectivity index (χ1v) is 15.5. The number of carbonyl (C=O) groups excluding carboxylic acids is 6. The van der Waals surface area contributed by atoms with Crippen molar-refractivity contribution in [3.63, 3.8) is 0 Å². The molecule has 3 atom stereocenters. The number of para-hydroxylation sites is 1. The molecule has 5 amide bonds. The standard InChI is InChI=1S/C36H40N6O6/c1-22(38-32(45)28(18-23-12-6-4-7-13-23)40-30(43)19-24-14-8-5-9-15-24)31(44)34(47)41-29(33(46)42-36(2,3)35(37)48)21-26-20-25-16-10-11-17-27(25)39-26/h4-17,20,22,28-29,39H,18-19,21H2,1-3H3,(H2,37,48)(H,38,45)(H,40,43)(H,41,47)(H,42,46)/t22?,28-,29-/m0/s1. The number of hydrogen-bond donors (Lipinski definition) is 6. The van der Waals surface area contributed by atoms with Gasteiger partial charge in [0.2, 0.25) is 29.4 Å². The Morgan fingerprint density at radius 3 is 1.94 bits per heavy atom. The van der Waals surface area contributed by atoms with Crippen LogP contribution in [0.4, 0.5) is 0 Å². The Kier molecular flexibility index (Phi) is 11.5. The normalized spacial score (nSPS) is 13.1. The molecule has 4 rings (SSSR count). The summed E-state index contributed by atoms with van der Waals surface area (Å²) in [5, 5.41) is 11.2. The Morgan fingerprint density at radius 2 is 1.31 bits per heavy atom. The van der Waals surface area contributed by atoms with Gasteiger partial charge in [0.1, 0.15) is 17.6 Å². The number of H-pyrrole nitrogens is 1. The molecule has 1 heterocycles. The molecular formula is C36H40N6O6. The number of ketones is 1. The average molecular weight is 653 g/mol. The van der Waals surface area contributed by atoms with Gasteiger partial charge < -0.3 is 32.0 Å². The molecule has 12 heteroatoms. The van der Waals surface area contributed by atoms with Gasteiger partial charge in [-0.1, -0.05) is 78.9 Å². The van der Waals surface area contributed by atoms with Gasteiger partial charge in [-0.3, -0.25) is 28.8 Å². The van der Waals surface area contributed by atoms with E-state index in [1.165, 1.54) is 20.8 Å². The SMILES string of the molecule is CC(NC(=O)[C@H](Cc1ccccc1)NC(=O)Cc1ccccc1)C(=O)C(=O)N[C@@H](Cc1cc2ccccc2[nH]1)C(=O)NC(C)(C)C(N)=O. The summed E-state index contributed by atoms with van der Waals surface area (Å²) in [5.41, 5.74) is 6.94. The molecule has 7 N–H and O–H groups in total. The van der Waals surface area contributed by atoms with Crippen molar-refractivity contribution in [3.05, 3.63) is 108 Å². The minimum absolute atomic E-state index is 0.0400. The van der Waals surface area contributed by atoms with E-state index >= 15 is 0 Å². The molecule has 0 aliphatic heterocycles. The van der Waals surface area contributed by atoms with E-state index in [-0.39, 0.29) is 19.3 Å². The van der Waals surface area contributed by atoms with Gasteiger partial charge >= 0.3 is 0 Å². The van der Waals surface area contributed by atoms with Gasteiger partial charge in [-0.15, -0.1) is 0 Å². The average Bonchev–Trinajstić information content (AvgIpc) is 3.47. The van der Waals surface area contributed by atoms with E-state index in [4.69, 9.17) is 5.73 Å². The number of fused-ring (bicyclic) bond motifs is 1. The minimum atomic E-state index is -1.44. The summed E-state index contributed by atoms with van der Waals surface area (Å²) < 4.78 is 0. The van der Waals surface area contributed by atoms with Crippen molar-refractivity contribution in [1.29, 1.82) is 0 Å². The van der Waals surface area contributed by atoms with Gasteiger partial charge in [-0.25, -0.2) is 0 Å². The van der Waals surface area contributed by atoms with Crippen molar-refractivity contribution in [1.82, 2.24) is 26.3 Å². The zero-order valence-electron chi connectivity index (χ0n) is 27.0. The lowest BCUT2D eigenvalue weighted by Gasteiger charge is -2.26. The molecule has 3 aromatic carbocycles. The van der Waals surface area contributed by atoms with Crippen LogP contribution in [0.5, 0.6) is 0 Å².